The number of nitrogens with zero attached hydrogens (tertiary/aromatic N) is 1. The quantitative estimate of drug-likeness (QED) is 0.635. The van der Waals surface area contributed by atoms with Crippen LogP contribution in [0.1, 0.15) is 47.5 Å². The summed E-state index contributed by atoms with van der Waals surface area (Å²) in [7, 11) is 0. The summed E-state index contributed by atoms with van der Waals surface area (Å²) in [6.45, 7) is 14.3. The SMILES string of the molecule is CC(C)CC1CCN(C(C)(C)C)C1. The van der Waals surface area contributed by atoms with E-state index < -0.39 is 0 Å². The fourth-order valence-electron chi connectivity index (χ4n) is 2.30. The lowest BCUT2D eigenvalue weighted by Crippen LogP contribution is -2.39. The van der Waals surface area contributed by atoms with Crippen molar-refractivity contribution in [1.29, 1.82) is 0 Å². The van der Waals surface area contributed by atoms with E-state index in [4.69, 9.17) is 0 Å². The van der Waals surface area contributed by atoms with Crippen molar-refractivity contribution < 1.29 is 0 Å². The largest absolute Gasteiger partial charge is 0.298 e. The number of rotatable bonds is 2. The second-order valence-electron chi connectivity index (χ2n) is 5.90. The van der Waals surface area contributed by atoms with Gasteiger partial charge >= 0.3 is 0 Å². The molecule has 1 aliphatic rings. The summed E-state index contributed by atoms with van der Waals surface area (Å²) in [5, 5.41) is 0. The Labute approximate surface area is 83.5 Å². The summed E-state index contributed by atoms with van der Waals surface area (Å²) in [6.07, 6.45) is 2.82. The fraction of sp³-hybridized carbons (Fsp3) is 1.00. The highest BCUT2D eigenvalue weighted by molar-refractivity contribution is 4.84. The fourth-order valence-corrected chi connectivity index (χ4v) is 2.30. The van der Waals surface area contributed by atoms with E-state index in [0.29, 0.717) is 5.54 Å². The Hall–Kier alpha value is -0.0400. The van der Waals surface area contributed by atoms with Gasteiger partial charge in [0.2, 0.25) is 0 Å². The molecule has 1 heteroatoms. The Morgan fingerprint density at radius 2 is 1.92 bits per heavy atom. The highest BCUT2D eigenvalue weighted by Crippen LogP contribution is 2.28. The molecule has 0 bridgehead atoms. The number of likely N-dealkylation sites (tertiary alicyclic amines) is 1. The van der Waals surface area contributed by atoms with E-state index in [1.807, 2.05) is 0 Å². The summed E-state index contributed by atoms with van der Waals surface area (Å²) in [6, 6.07) is 0. The highest BCUT2D eigenvalue weighted by atomic mass is 15.2. The minimum atomic E-state index is 0.381. The summed E-state index contributed by atoms with van der Waals surface area (Å²) < 4.78 is 0. The molecule has 1 rings (SSSR count). The van der Waals surface area contributed by atoms with Gasteiger partial charge in [0.1, 0.15) is 0 Å². The zero-order valence-electron chi connectivity index (χ0n) is 9.93. The topological polar surface area (TPSA) is 3.24 Å². The lowest BCUT2D eigenvalue weighted by Gasteiger charge is -2.31. The van der Waals surface area contributed by atoms with E-state index in [1.54, 1.807) is 0 Å². The highest BCUT2D eigenvalue weighted by Gasteiger charge is 2.29. The number of hydrogen-bond acceptors (Lipinski definition) is 1. The maximum atomic E-state index is 2.63. The van der Waals surface area contributed by atoms with E-state index in [9.17, 15) is 0 Å². The van der Waals surface area contributed by atoms with Gasteiger partial charge in [-0.2, -0.15) is 0 Å². The molecule has 1 fully saturated rings. The van der Waals surface area contributed by atoms with Crippen molar-refractivity contribution >= 4 is 0 Å². The van der Waals surface area contributed by atoms with E-state index in [1.165, 1.54) is 25.9 Å². The van der Waals surface area contributed by atoms with Crippen LogP contribution in [0.4, 0.5) is 0 Å². The zero-order chi connectivity index (χ0) is 10.1. The zero-order valence-corrected chi connectivity index (χ0v) is 9.93. The van der Waals surface area contributed by atoms with Crippen molar-refractivity contribution in [3.8, 4) is 0 Å². The van der Waals surface area contributed by atoms with Crippen LogP contribution >= 0.6 is 0 Å². The Balaban J connectivity index is 2.36. The molecule has 1 atom stereocenters. The predicted molar refractivity (Wildman–Crippen MR) is 58.9 cm³/mol. The molecular weight excluding hydrogens is 158 g/mol. The minimum absolute atomic E-state index is 0.381. The van der Waals surface area contributed by atoms with Gasteiger partial charge in [-0.05, 0) is 52.0 Å². The lowest BCUT2D eigenvalue weighted by atomic mass is 9.96. The third kappa shape index (κ3) is 3.30. The maximum absolute atomic E-state index is 2.63. The van der Waals surface area contributed by atoms with Crippen LogP contribution in [0.3, 0.4) is 0 Å². The van der Waals surface area contributed by atoms with Crippen LogP contribution in [0.2, 0.25) is 0 Å². The van der Waals surface area contributed by atoms with Gasteiger partial charge in [-0.15, -0.1) is 0 Å². The van der Waals surface area contributed by atoms with Gasteiger partial charge < -0.3 is 0 Å². The molecule has 0 aliphatic carbocycles. The Kier molecular flexibility index (Phi) is 3.39. The molecule has 1 heterocycles. The van der Waals surface area contributed by atoms with Crippen molar-refractivity contribution in [2.24, 2.45) is 11.8 Å². The molecule has 1 unspecified atom stereocenters. The van der Waals surface area contributed by atoms with Gasteiger partial charge in [0.15, 0.2) is 0 Å². The Morgan fingerprint density at radius 1 is 1.31 bits per heavy atom. The molecule has 0 aromatic heterocycles. The lowest BCUT2D eigenvalue weighted by molar-refractivity contribution is 0.166. The monoisotopic (exact) mass is 183 g/mol. The minimum Gasteiger partial charge on any atom is -0.298 e. The van der Waals surface area contributed by atoms with Crippen LogP contribution in [0, 0.1) is 11.8 Å². The van der Waals surface area contributed by atoms with Gasteiger partial charge in [-0.25, -0.2) is 0 Å². The van der Waals surface area contributed by atoms with E-state index >= 15 is 0 Å². The standard InChI is InChI=1S/C12H25N/c1-10(2)8-11-6-7-13(9-11)12(3,4)5/h10-11H,6-9H2,1-5H3. The predicted octanol–water partition coefficient (Wildman–Crippen LogP) is 3.15. The molecule has 13 heavy (non-hydrogen) atoms. The molecule has 0 spiro atoms. The van der Waals surface area contributed by atoms with Gasteiger partial charge in [-0.1, -0.05) is 13.8 Å². The molecule has 0 N–H and O–H groups in total. The van der Waals surface area contributed by atoms with Crippen LogP contribution in [0.5, 0.6) is 0 Å². The first-order valence-corrected chi connectivity index (χ1v) is 5.64. The smallest absolute Gasteiger partial charge is 0.0125 e. The Morgan fingerprint density at radius 3 is 2.31 bits per heavy atom. The summed E-state index contributed by atoms with van der Waals surface area (Å²) in [5.41, 5.74) is 0.381. The first kappa shape index (κ1) is 11.0. The van der Waals surface area contributed by atoms with Crippen molar-refractivity contribution in [1.82, 2.24) is 4.90 Å². The summed E-state index contributed by atoms with van der Waals surface area (Å²) in [5.74, 6) is 1.82. The molecule has 0 radical (unpaired) electrons. The van der Waals surface area contributed by atoms with Gasteiger partial charge in [0, 0.05) is 12.1 Å². The van der Waals surface area contributed by atoms with Crippen LogP contribution in [0.15, 0.2) is 0 Å². The number of hydrogen-bond donors (Lipinski definition) is 0. The molecule has 0 aromatic rings. The first-order chi connectivity index (χ1) is 5.89. The van der Waals surface area contributed by atoms with E-state index in [2.05, 4.69) is 39.5 Å². The molecular formula is C12H25N. The summed E-state index contributed by atoms with van der Waals surface area (Å²) in [4.78, 5) is 2.63. The summed E-state index contributed by atoms with van der Waals surface area (Å²) >= 11 is 0. The molecule has 1 aliphatic heterocycles. The van der Waals surface area contributed by atoms with Crippen molar-refractivity contribution in [2.75, 3.05) is 13.1 Å². The molecule has 0 saturated carbocycles. The van der Waals surface area contributed by atoms with Crippen LogP contribution in [0.25, 0.3) is 0 Å². The third-order valence-corrected chi connectivity index (χ3v) is 3.04. The van der Waals surface area contributed by atoms with Crippen molar-refractivity contribution in [3.05, 3.63) is 0 Å². The van der Waals surface area contributed by atoms with Crippen LogP contribution in [-0.4, -0.2) is 23.5 Å². The molecule has 78 valence electrons. The van der Waals surface area contributed by atoms with Gasteiger partial charge in [0.25, 0.3) is 0 Å². The van der Waals surface area contributed by atoms with Gasteiger partial charge in [0.05, 0.1) is 0 Å². The average Bonchev–Trinajstić information content (AvgIpc) is 2.32. The maximum Gasteiger partial charge on any atom is 0.0125 e. The molecule has 1 nitrogen and oxygen atoms in total. The van der Waals surface area contributed by atoms with Crippen molar-refractivity contribution in [2.45, 2.75) is 53.0 Å². The molecule has 0 aromatic carbocycles. The second-order valence-corrected chi connectivity index (χ2v) is 5.90. The third-order valence-electron chi connectivity index (χ3n) is 3.04. The van der Waals surface area contributed by atoms with E-state index in [0.717, 1.165) is 11.8 Å². The molecule has 0 amide bonds. The molecule has 1 saturated heterocycles. The van der Waals surface area contributed by atoms with E-state index in [-0.39, 0.29) is 0 Å². The van der Waals surface area contributed by atoms with Crippen LogP contribution in [-0.2, 0) is 0 Å². The second kappa shape index (κ2) is 4.00. The first-order valence-electron chi connectivity index (χ1n) is 5.64. The Bertz CT molecular complexity index is 155. The van der Waals surface area contributed by atoms with Gasteiger partial charge in [-0.3, -0.25) is 4.90 Å². The average molecular weight is 183 g/mol. The van der Waals surface area contributed by atoms with Crippen LogP contribution < -0.4 is 0 Å². The van der Waals surface area contributed by atoms with Crippen molar-refractivity contribution in [3.63, 3.8) is 0 Å². The normalized spacial score (nSPS) is 25.8.